The molecule has 3 aromatic carbocycles. The molecular weight excluding hydrogens is 418 g/mol. The summed E-state index contributed by atoms with van der Waals surface area (Å²) in [6, 6.07) is 20.7. The molecule has 1 saturated heterocycles. The van der Waals surface area contributed by atoms with Gasteiger partial charge in [-0.3, -0.25) is 14.5 Å². The summed E-state index contributed by atoms with van der Waals surface area (Å²) in [4.78, 5) is 27.9. The zero-order valence-electron chi connectivity index (χ0n) is 18.7. The molecule has 1 unspecified atom stereocenters. The van der Waals surface area contributed by atoms with Gasteiger partial charge in [-0.2, -0.15) is 0 Å². The molecule has 0 radical (unpaired) electrons. The minimum absolute atomic E-state index is 0.0391. The highest BCUT2D eigenvalue weighted by Crippen LogP contribution is 2.43. The smallest absolute Gasteiger partial charge is 0.300 e. The van der Waals surface area contributed by atoms with Crippen molar-refractivity contribution in [3.8, 4) is 11.5 Å². The number of ether oxygens (including phenoxy) is 2. The number of amides is 1. The molecule has 1 heterocycles. The van der Waals surface area contributed by atoms with E-state index in [2.05, 4.69) is 6.92 Å². The number of ketones is 1. The fourth-order valence-corrected chi connectivity index (χ4v) is 4.03. The first-order chi connectivity index (χ1) is 16.0. The Labute approximate surface area is 192 Å². The Morgan fingerprint density at radius 3 is 2.06 bits per heavy atom. The van der Waals surface area contributed by atoms with E-state index in [1.807, 2.05) is 30.3 Å². The van der Waals surface area contributed by atoms with Crippen molar-refractivity contribution in [1.29, 1.82) is 0 Å². The highest BCUT2D eigenvalue weighted by molar-refractivity contribution is 6.51. The fourth-order valence-electron chi connectivity index (χ4n) is 4.03. The third-order valence-corrected chi connectivity index (χ3v) is 5.81. The first-order valence-electron chi connectivity index (χ1n) is 10.7. The van der Waals surface area contributed by atoms with Crippen LogP contribution in [0.4, 0.5) is 5.69 Å². The lowest BCUT2D eigenvalue weighted by Gasteiger charge is -2.26. The maximum Gasteiger partial charge on any atom is 0.300 e. The minimum Gasteiger partial charge on any atom is -0.507 e. The van der Waals surface area contributed by atoms with Gasteiger partial charge in [0.1, 0.15) is 17.3 Å². The van der Waals surface area contributed by atoms with Crippen LogP contribution < -0.4 is 14.4 Å². The Hall–Kier alpha value is -4.06. The van der Waals surface area contributed by atoms with Gasteiger partial charge in [-0.05, 0) is 17.5 Å². The Morgan fingerprint density at radius 2 is 1.52 bits per heavy atom. The number of carbonyl (C=O) groups is 2. The van der Waals surface area contributed by atoms with Crippen LogP contribution in [0.25, 0.3) is 5.76 Å². The summed E-state index contributed by atoms with van der Waals surface area (Å²) >= 11 is 0. The molecule has 168 valence electrons. The number of aliphatic hydroxyl groups is 1. The number of rotatable bonds is 6. The molecule has 0 saturated carbocycles. The van der Waals surface area contributed by atoms with E-state index in [0.29, 0.717) is 28.3 Å². The third kappa shape index (κ3) is 4.07. The van der Waals surface area contributed by atoms with E-state index in [0.717, 1.165) is 12.0 Å². The zero-order chi connectivity index (χ0) is 23.5. The molecule has 6 heteroatoms. The minimum atomic E-state index is -0.812. The van der Waals surface area contributed by atoms with Crippen molar-refractivity contribution in [2.45, 2.75) is 19.4 Å². The lowest BCUT2D eigenvalue weighted by atomic mass is 9.94. The second kappa shape index (κ2) is 9.20. The number of nitrogens with zero attached hydrogens (tertiary/aromatic N) is 1. The van der Waals surface area contributed by atoms with Crippen LogP contribution in [0, 0.1) is 0 Å². The first kappa shape index (κ1) is 22.1. The summed E-state index contributed by atoms with van der Waals surface area (Å²) in [5, 5.41) is 11.1. The van der Waals surface area contributed by atoms with Crippen molar-refractivity contribution in [3.05, 3.63) is 95.1 Å². The summed E-state index contributed by atoms with van der Waals surface area (Å²) in [6.07, 6.45) is 0.859. The van der Waals surface area contributed by atoms with Crippen molar-refractivity contribution in [2.24, 2.45) is 0 Å². The molecule has 0 spiro atoms. The van der Waals surface area contributed by atoms with Gasteiger partial charge in [-0.15, -0.1) is 0 Å². The van der Waals surface area contributed by atoms with Crippen LogP contribution >= 0.6 is 0 Å². The Kier molecular flexibility index (Phi) is 6.18. The van der Waals surface area contributed by atoms with Gasteiger partial charge in [0.15, 0.2) is 0 Å². The third-order valence-electron chi connectivity index (χ3n) is 5.81. The number of Topliss-reactive ketones (excluding diaryl/α,β-unsaturated/α-hetero) is 1. The van der Waals surface area contributed by atoms with Crippen molar-refractivity contribution in [1.82, 2.24) is 0 Å². The second-order valence-electron chi connectivity index (χ2n) is 7.70. The van der Waals surface area contributed by atoms with Gasteiger partial charge in [-0.25, -0.2) is 0 Å². The van der Waals surface area contributed by atoms with Gasteiger partial charge in [0.2, 0.25) is 0 Å². The van der Waals surface area contributed by atoms with Crippen LogP contribution in [-0.4, -0.2) is 31.0 Å². The van der Waals surface area contributed by atoms with E-state index < -0.39 is 17.7 Å². The van der Waals surface area contributed by atoms with Crippen LogP contribution in [-0.2, 0) is 16.0 Å². The number of methoxy groups -OCH3 is 2. The van der Waals surface area contributed by atoms with Crippen molar-refractivity contribution in [2.75, 3.05) is 19.1 Å². The molecular formula is C27H25NO5. The lowest BCUT2D eigenvalue weighted by Crippen LogP contribution is -2.29. The molecule has 6 nitrogen and oxygen atoms in total. The SMILES string of the molecule is CCc1ccc(C2/C(=C(\O)c3ccccc3)C(=O)C(=O)N2c2cc(OC)cc(OC)c2)cc1. The molecule has 1 amide bonds. The number of hydrogen-bond donors (Lipinski definition) is 1. The molecule has 4 rings (SSSR count). The van der Waals surface area contributed by atoms with Crippen molar-refractivity contribution in [3.63, 3.8) is 0 Å². The summed E-state index contributed by atoms with van der Waals surface area (Å²) in [5.74, 6) is -0.727. The van der Waals surface area contributed by atoms with Crippen molar-refractivity contribution < 1.29 is 24.2 Å². The van der Waals surface area contributed by atoms with Gasteiger partial charge in [-0.1, -0.05) is 61.5 Å². The topological polar surface area (TPSA) is 76.1 Å². The molecule has 3 aromatic rings. The Bertz CT molecular complexity index is 1190. The van der Waals surface area contributed by atoms with Gasteiger partial charge in [0.25, 0.3) is 11.7 Å². The predicted molar refractivity (Wildman–Crippen MR) is 127 cm³/mol. The number of aryl methyl sites for hydroxylation is 1. The van der Waals surface area contributed by atoms with E-state index in [1.165, 1.54) is 19.1 Å². The molecule has 1 atom stereocenters. The molecule has 0 bridgehead atoms. The lowest BCUT2D eigenvalue weighted by molar-refractivity contribution is -0.132. The van der Waals surface area contributed by atoms with Crippen LogP contribution in [0.3, 0.4) is 0 Å². The summed E-state index contributed by atoms with van der Waals surface area (Å²) in [7, 11) is 3.03. The zero-order valence-corrected chi connectivity index (χ0v) is 18.7. The van der Waals surface area contributed by atoms with Crippen LogP contribution in [0.2, 0.25) is 0 Å². The van der Waals surface area contributed by atoms with Gasteiger partial charge < -0.3 is 14.6 Å². The number of benzene rings is 3. The number of anilines is 1. The van der Waals surface area contributed by atoms with E-state index >= 15 is 0 Å². The molecule has 1 aliphatic heterocycles. The maximum absolute atomic E-state index is 13.3. The Morgan fingerprint density at radius 1 is 0.909 bits per heavy atom. The highest BCUT2D eigenvalue weighted by Gasteiger charge is 2.47. The summed E-state index contributed by atoms with van der Waals surface area (Å²) < 4.78 is 10.7. The molecule has 33 heavy (non-hydrogen) atoms. The molecule has 0 aliphatic carbocycles. The number of aliphatic hydroxyl groups excluding tert-OH is 1. The average molecular weight is 443 g/mol. The summed E-state index contributed by atoms with van der Waals surface area (Å²) in [5.41, 5.74) is 2.78. The van der Waals surface area contributed by atoms with Gasteiger partial charge >= 0.3 is 0 Å². The first-order valence-corrected chi connectivity index (χ1v) is 10.7. The second-order valence-corrected chi connectivity index (χ2v) is 7.70. The quantitative estimate of drug-likeness (QED) is 0.333. The van der Waals surface area contributed by atoms with Gasteiger partial charge in [0.05, 0.1) is 31.5 Å². The van der Waals surface area contributed by atoms with Crippen LogP contribution in [0.5, 0.6) is 11.5 Å². The molecule has 1 N–H and O–H groups in total. The van der Waals surface area contributed by atoms with E-state index in [4.69, 9.17) is 9.47 Å². The molecule has 1 fully saturated rings. The largest absolute Gasteiger partial charge is 0.507 e. The van der Waals surface area contributed by atoms with Gasteiger partial charge in [0, 0.05) is 23.8 Å². The monoisotopic (exact) mass is 443 g/mol. The Balaban J connectivity index is 1.95. The van der Waals surface area contributed by atoms with E-state index in [1.54, 1.807) is 42.5 Å². The van der Waals surface area contributed by atoms with E-state index in [9.17, 15) is 14.7 Å². The number of hydrogen-bond acceptors (Lipinski definition) is 5. The fraction of sp³-hybridized carbons (Fsp3) is 0.185. The van der Waals surface area contributed by atoms with Crippen LogP contribution in [0.1, 0.15) is 29.7 Å². The summed E-state index contributed by atoms with van der Waals surface area (Å²) in [6.45, 7) is 2.05. The highest BCUT2D eigenvalue weighted by atomic mass is 16.5. The standard InChI is InChI=1S/C27H25NO5/c1-4-17-10-12-18(13-11-17)24-23(25(29)19-8-6-5-7-9-19)26(30)27(31)28(24)20-14-21(32-2)16-22(15-20)33-3/h5-16,24,29H,4H2,1-3H3/b25-23+. The van der Waals surface area contributed by atoms with E-state index in [-0.39, 0.29) is 11.3 Å². The molecule has 0 aromatic heterocycles. The normalized spacial score (nSPS) is 17.3. The number of carbonyl (C=O) groups excluding carboxylic acids is 2. The molecule has 1 aliphatic rings. The average Bonchev–Trinajstić information content (AvgIpc) is 3.14. The predicted octanol–water partition coefficient (Wildman–Crippen LogP) is 4.89. The maximum atomic E-state index is 13.3. The van der Waals surface area contributed by atoms with Crippen LogP contribution in [0.15, 0.2) is 78.4 Å². The van der Waals surface area contributed by atoms with Crippen molar-refractivity contribution >= 4 is 23.1 Å².